The highest BCUT2D eigenvalue weighted by Gasteiger charge is 2.15. The van der Waals surface area contributed by atoms with Gasteiger partial charge in [0.25, 0.3) is 0 Å². The summed E-state index contributed by atoms with van der Waals surface area (Å²) in [6, 6.07) is 9.61. The molecule has 0 bridgehead atoms. The Morgan fingerprint density at radius 3 is 2.70 bits per heavy atom. The first-order valence-corrected chi connectivity index (χ1v) is 6.68. The summed E-state index contributed by atoms with van der Waals surface area (Å²) in [5.74, 6) is -0.0421. The van der Waals surface area contributed by atoms with Crippen molar-refractivity contribution in [3.05, 3.63) is 54.1 Å². The van der Waals surface area contributed by atoms with E-state index in [1.165, 1.54) is 0 Å². The third-order valence-electron chi connectivity index (χ3n) is 2.99. The molecule has 106 valence electrons. The van der Waals surface area contributed by atoms with Crippen molar-refractivity contribution in [3.63, 3.8) is 0 Å². The topological polar surface area (TPSA) is 72.9 Å². The summed E-state index contributed by atoms with van der Waals surface area (Å²) in [7, 11) is 0. The van der Waals surface area contributed by atoms with Crippen LogP contribution in [-0.4, -0.2) is 21.5 Å². The number of amides is 1. The minimum absolute atomic E-state index is 0.0421. The first kappa shape index (κ1) is 14.3. The van der Waals surface area contributed by atoms with Gasteiger partial charge in [-0.1, -0.05) is 30.3 Å². The first-order chi connectivity index (χ1) is 9.58. The second kappa shape index (κ2) is 6.34. The Kier molecular flexibility index (Phi) is 4.53. The molecule has 1 unspecified atom stereocenters. The molecule has 3 N–H and O–H groups in total. The number of imidazole rings is 1. The van der Waals surface area contributed by atoms with Crippen molar-refractivity contribution in [1.82, 2.24) is 14.9 Å². The summed E-state index contributed by atoms with van der Waals surface area (Å²) in [6.45, 7) is 4.10. The van der Waals surface area contributed by atoms with E-state index in [4.69, 9.17) is 5.73 Å². The number of nitrogens with zero attached hydrogens (tertiary/aromatic N) is 2. The summed E-state index contributed by atoms with van der Waals surface area (Å²) >= 11 is 0. The summed E-state index contributed by atoms with van der Waals surface area (Å²) in [6.07, 6.45) is 3.35. The summed E-state index contributed by atoms with van der Waals surface area (Å²) in [5.41, 5.74) is 8.07. The quantitative estimate of drug-likeness (QED) is 0.865. The largest absolute Gasteiger partial charge is 0.352 e. The molecule has 1 atom stereocenters. The summed E-state index contributed by atoms with van der Waals surface area (Å²) < 4.78 is 1.79. The van der Waals surface area contributed by atoms with Crippen molar-refractivity contribution >= 4 is 5.91 Å². The Bertz CT molecular complexity index is 562. The van der Waals surface area contributed by atoms with Crippen LogP contribution >= 0.6 is 0 Å². The number of rotatable bonds is 5. The number of nitrogens with one attached hydrogen (secondary N) is 1. The van der Waals surface area contributed by atoms with Gasteiger partial charge >= 0.3 is 0 Å². The zero-order valence-corrected chi connectivity index (χ0v) is 11.8. The van der Waals surface area contributed by atoms with E-state index in [2.05, 4.69) is 10.3 Å². The average molecular weight is 272 g/mol. The maximum Gasteiger partial charge on any atom is 0.240 e. The lowest BCUT2D eigenvalue weighted by Gasteiger charge is -2.15. The number of benzene rings is 1. The van der Waals surface area contributed by atoms with Crippen molar-refractivity contribution in [3.8, 4) is 0 Å². The van der Waals surface area contributed by atoms with E-state index in [-0.39, 0.29) is 24.5 Å². The number of hydrogen-bond acceptors (Lipinski definition) is 3. The van der Waals surface area contributed by atoms with Crippen LogP contribution in [0.2, 0.25) is 0 Å². The molecule has 2 aromatic rings. The Morgan fingerprint density at radius 1 is 1.35 bits per heavy atom. The molecule has 0 aliphatic rings. The van der Waals surface area contributed by atoms with Crippen LogP contribution in [0, 0.1) is 0 Å². The number of aromatic nitrogens is 2. The van der Waals surface area contributed by atoms with E-state index < -0.39 is 0 Å². The lowest BCUT2D eigenvalue weighted by molar-refractivity contribution is -0.122. The zero-order chi connectivity index (χ0) is 14.5. The molecule has 0 saturated carbocycles. The molecule has 0 fully saturated rings. The fourth-order valence-electron chi connectivity index (χ4n) is 2.08. The molecule has 1 aromatic carbocycles. The van der Waals surface area contributed by atoms with E-state index in [1.54, 1.807) is 17.1 Å². The third-order valence-corrected chi connectivity index (χ3v) is 2.99. The van der Waals surface area contributed by atoms with Crippen LogP contribution in [0.5, 0.6) is 0 Å². The molecule has 20 heavy (non-hydrogen) atoms. The molecule has 0 radical (unpaired) electrons. The molecule has 2 rings (SSSR count). The SMILES string of the molecule is CC(C)NC(=O)Cn1cncc1C(N)c1ccccc1. The Labute approximate surface area is 118 Å². The standard InChI is InChI=1S/C15H20N4O/c1-11(2)18-14(20)9-19-10-17-8-13(19)15(16)12-6-4-3-5-7-12/h3-8,10-11,15H,9,16H2,1-2H3,(H,18,20). The fraction of sp³-hybridized carbons (Fsp3) is 0.333. The van der Waals surface area contributed by atoms with E-state index in [0.717, 1.165) is 11.3 Å². The molecule has 0 aliphatic carbocycles. The van der Waals surface area contributed by atoms with Crippen molar-refractivity contribution in [2.75, 3.05) is 0 Å². The van der Waals surface area contributed by atoms with E-state index in [0.29, 0.717) is 0 Å². The smallest absolute Gasteiger partial charge is 0.240 e. The minimum atomic E-state index is -0.287. The predicted molar refractivity (Wildman–Crippen MR) is 78.0 cm³/mol. The van der Waals surface area contributed by atoms with Crippen molar-refractivity contribution in [1.29, 1.82) is 0 Å². The van der Waals surface area contributed by atoms with Gasteiger partial charge in [-0.25, -0.2) is 4.98 Å². The fourth-order valence-corrected chi connectivity index (χ4v) is 2.08. The van der Waals surface area contributed by atoms with Gasteiger partial charge in [-0.3, -0.25) is 4.79 Å². The maximum absolute atomic E-state index is 11.8. The Morgan fingerprint density at radius 2 is 2.05 bits per heavy atom. The van der Waals surface area contributed by atoms with Crippen molar-refractivity contribution in [2.24, 2.45) is 5.73 Å². The molecule has 0 saturated heterocycles. The number of carbonyl (C=O) groups excluding carboxylic acids is 1. The molecule has 1 amide bonds. The molecule has 5 nitrogen and oxygen atoms in total. The van der Waals surface area contributed by atoms with Crippen molar-refractivity contribution < 1.29 is 4.79 Å². The lowest BCUT2D eigenvalue weighted by atomic mass is 10.1. The van der Waals surface area contributed by atoms with Crippen LogP contribution in [0.4, 0.5) is 0 Å². The Hall–Kier alpha value is -2.14. The highest BCUT2D eigenvalue weighted by Crippen LogP contribution is 2.18. The molecule has 1 aromatic heterocycles. The molecular formula is C15H20N4O. The second-order valence-electron chi connectivity index (χ2n) is 5.06. The molecule has 1 heterocycles. The van der Waals surface area contributed by atoms with Crippen LogP contribution < -0.4 is 11.1 Å². The Balaban J connectivity index is 2.14. The van der Waals surface area contributed by atoms with Crippen LogP contribution in [0.1, 0.15) is 31.1 Å². The van der Waals surface area contributed by atoms with Gasteiger partial charge in [-0.05, 0) is 19.4 Å². The van der Waals surface area contributed by atoms with Gasteiger partial charge in [0.1, 0.15) is 6.54 Å². The third kappa shape index (κ3) is 3.45. The van der Waals surface area contributed by atoms with Crippen molar-refractivity contribution in [2.45, 2.75) is 32.5 Å². The number of carbonyl (C=O) groups is 1. The maximum atomic E-state index is 11.8. The van der Waals surface area contributed by atoms with E-state index in [1.807, 2.05) is 44.2 Å². The predicted octanol–water partition coefficient (Wildman–Crippen LogP) is 1.46. The van der Waals surface area contributed by atoms with Gasteiger partial charge in [0, 0.05) is 6.04 Å². The van der Waals surface area contributed by atoms with Gasteiger partial charge in [0.05, 0.1) is 24.3 Å². The first-order valence-electron chi connectivity index (χ1n) is 6.68. The van der Waals surface area contributed by atoms with Crippen LogP contribution in [-0.2, 0) is 11.3 Å². The number of nitrogens with two attached hydrogens (primary N) is 1. The minimum Gasteiger partial charge on any atom is -0.352 e. The summed E-state index contributed by atoms with van der Waals surface area (Å²) in [5, 5.41) is 2.86. The summed E-state index contributed by atoms with van der Waals surface area (Å²) in [4.78, 5) is 15.9. The van der Waals surface area contributed by atoms with Gasteiger partial charge in [0.2, 0.25) is 5.91 Å². The average Bonchev–Trinajstić information content (AvgIpc) is 2.86. The number of hydrogen-bond donors (Lipinski definition) is 2. The van der Waals surface area contributed by atoms with Crippen LogP contribution in [0.25, 0.3) is 0 Å². The second-order valence-corrected chi connectivity index (χ2v) is 5.06. The van der Waals surface area contributed by atoms with Gasteiger partial charge < -0.3 is 15.6 Å². The van der Waals surface area contributed by atoms with Gasteiger partial charge in [0.15, 0.2) is 0 Å². The monoisotopic (exact) mass is 272 g/mol. The normalized spacial score (nSPS) is 12.4. The zero-order valence-electron chi connectivity index (χ0n) is 11.8. The van der Waals surface area contributed by atoms with E-state index >= 15 is 0 Å². The molecule has 5 heteroatoms. The van der Waals surface area contributed by atoms with Gasteiger partial charge in [-0.2, -0.15) is 0 Å². The van der Waals surface area contributed by atoms with Crippen LogP contribution in [0.3, 0.4) is 0 Å². The molecule has 0 spiro atoms. The molecular weight excluding hydrogens is 252 g/mol. The lowest BCUT2D eigenvalue weighted by Crippen LogP contribution is -2.33. The highest BCUT2D eigenvalue weighted by molar-refractivity contribution is 5.76. The highest BCUT2D eigenvalue weighted by atomic mass is 16.2. The molecule has 0 aliphatic heterocycles. The van der Waals surface area contributed by atoms with E-state index in [9.17, 15) is 4.79 Å². The van der Waals surface area contributed by atoms with Gasteiger partial charge in [-0.15, -0.1) is 0 Å². The van der Waals surface area contributed by atoms with Crippen LogP contribution in [0.15, 0.2) is 42.9 Å².